The van der Waals surface area contributed by atoms with Crippen molar-refractivity contribution in [1.82, 2.24) is 9.80 Å². The Balaban J connectivity index is 1.74. The zero-order valence-corrected chi connectivity index (χ0v) is 16.7. The van der Waals surface area contributed by atoms with Crippen molar-refractivity contribution >= 4 is 17.8 Å². The molecule has 0 aromatic heterocycles. The molecule has 0 N–H and O–H groups in total. The van der Waals surface area contributed by atoms with Gasteiger partial charge in [-0.2, -0.15) is 0 Å². The summed E-state index contributed by atoms with van der Waals surface area (Å²) >= 11 is 0. The van der Waals surface area contributed by atoms with E-state index in [1.54, 1.807) is 18.9 Å². The lowest BCUT2D eigenvalue weighted by Gasteiger charge is -2.45. The molecule has 28 heavy (non-hydrogen) atoms. The van der Waals surface area contributed by atoms with Crippen molar-refractivity contribution in [3.63, 3.8) is 0 Å². The molecule has 1 aromatic carbocycles. The van der Waals surface area contributed by atoms with E-state index in [-0.39, 0.29) is 18.4 Å². The molecule has 152 valence electrons. The molecule has 0 radical (unpaired) electrons. The summed E-state index contributed by atoms with van der Waals surface area (Å²) in [6.45, 7) is 2.99. The summed E-state index contributed by atoms with van der Waals surface area (Å²) in [5.74, 6) is -1.23. The Morgan fingerprint density at radius 3 is 2.39 bits per heavy atom. The quantitative estimate of drug-likeness (QED) is 0.710. The van der Waals surface area contributed by atoms with Crippen LogP contribution in [0, 0.1) is 5.92 Å². The van der Waals surface area contributed by atoms with Gasteiger partial charge in [-0.25, -0.2) is 0 Å². The van der Waals surface area contributed by atoms with Gasteiger partial charge in [-0.05, 0) is 25.3 Å². The van der Waals surface area contributed by atoms with Crippen LogP contribution in [0.4, 0.5) is 0 Å². The first kappa shape index (κ1) is 20.3. The van der Waals surface area contributed by atoms with Gasteiger partial charge in [-0.3, -0.25) is 14.4 Å². The highest BCUT2D eigenvalue weighted by Gasteiger charge is 2.61. The van der Waals surface area contributed by atoms with Gasteiger partial charge in [-0.15, -0.1) is 0 Å². The van der Waals surface area contributed by atoms with Gasteiger partial charge < -0.3 is 19.3 Å². The Labute approximate surface area is 165 Å². The Hall–Kier alpha value is -2.41. The highest BCUT2D eigenvalue weighted by atomic mass is 16.5. The molecule has 2 atom stereocenters. The molecule has 3 rings (SSSR count). The van der Waals surface area contributed by atoms with Gasteiger partial charge in [0.15, 0.2) is 6.10 Å². The summed E-state index contributed by atoms with van der Waals surface area (Å²) in [4.78, 5) is 41.5. The van der Waals surface area contributed by atoms with Gasteiger partial charge in [0.2, 0.25) is 5.91 Å². The van der Waals surface area contributed by atoms with E-state index in [1.165, 1.54) is 7.11 Å². The van der Waals surface area contributed by atoms with Gasteiger partial charge in [0, 0.05) is 27.2 Å². The molecule has 2 aliphatic rings. The van der Waals surface area contributed by atoms with E-state index < -0.39 is 23.5 Å². The van der Waals surface area contributed by atoms with E-state index in [0.717, 1.165) is 5.56 Å². The minimum Gasteiger partial charge on any atom is -0.466 e. The molecule has 0 bridgehead atoms. The average molecular weight is 388 g/mol. The molecular weight excluding hydrogens is 360 g/mol. The van der Waals surface area contributed by atoms with Crippen molar-refractivity contribution in [3.05, 3.63) is 35.9 Å². The smallest absolute Gasteiger partial charge is 0.314 e. The molecule has 1 aromatic rings. The molecule has 0 saturated carbocycles. The maximum absolute atomic E-state index is 12.7. The molecule has 1 spiro atoms. The van der Waals surface area contributed by atoms with E-state index >= 15 is 0 Å². The van der Waals surface area contributed by atoms with Gasteiger partial charge >= 0.3 is 5.97 Å². The van der Waals surface area contributed by atoms with Crippen LogP contribution in [0.25, 0.3) is 0 Å². The minimum atomic E-state index is -0.837. The van der Waals surface area contributed by atoms with E-state index in [1.807, 2.05) is 35.2 Å². The molecule has 0 aliphatic carbocycles. The number of ether oxygens (including phenoxy) is 2. The summed E-state index contributed by atoms with van der Waals surface area (Å²) < 4.78 is 10.6. The Kier molecular flexibility index (Phi) is 6.03. The number of carbonyl (C=O) groups is 3. The van der Waals surface area contributed by atoms with Crippen LogP contribution in [0.2, 0.25) is 0 Å². The van der Waals surface area contributed by atoms with E-state index in [0.29, 0.717) is 32.4 Å². The van der Waals surface area contributed by atoms with Crippen molar-refractivity contribution in [1.29, 1.82) is 0 Å². The second-order valence-corrected chi connectivity index (χ2v) is 7.43. The largest absolute Gasteiger partial charge is 0.466 e. The number of likely N-dealkylation sites (tertiary alicyclic amines) is 2. The zero-order chi connectivity index (χ0) is 20.3. The first-order valence-corrected chi connectivity index (χ1v) is 9.73. The molecule has 2 heterocycles. The summed E-state index contributed by atoms with van der Waals surface area (Å²) in [5.41, 5.74) is 0.304. The van der Waals surface area contributed by atoms with E-state index in [9.17, 15) is 14.4 Å². The SMILES string of the molecule is CCOC(=O)[C@@H]1[C@@H](OC)C(=O)N(C)C12CCN(C(=O)Cc1ccccc1)CC2. The maximum Gasteiger partial charge on any atom is 0.314 e. The Bertz CT molecular complexity index is 728. The zero-order valence-electron chi connectivity index (χ0n) is 16.7. The van der Waals surface area contributed by atoms with Gasteiger partial charge in [0.05, 0.1) is 18.6 Å². The van der Waals surface area contributed by atoms with Crippen LogP contribution in [0.1, 0.15) is 25.3 Å². The highest BCUT2D eigenvalue weighted by molar-refractivity contribution is 5.93. The number of likely N-dealkylation sites (N-methyl/N-ethyl adjacent to an activating group) is 1. The molecule has 2 fully saturated rings. The number of hydrogen-bond acceptors (Lipinski definition) is 5. The number of rotatable bonds is 5. The highest BCUT2D eigenvalue weighted by Crippen LogP contribution is 2.44. The number of nitrogens with zero attached hydrogens (tertiary/aromatic N) is 2. The average Bonchev–Trinajstić information content (AvgIpc) is 2.91. The topological polar surface area (TPSA) is 76.2 Å². The van der Waals surface area contributed by atoms with Gasteiger partial charge in [0.25, 0.3) is 5.91 Å². The van der Waals surface area contributed by atoms with Crippen molar-refractivity contribution in [2.45, 2.75) is 37.8 Å². The lowest BCUT2D eigenvalue weighted by atomic mass is 9.76. The minimum absolute atomic E-state index is 0.0593. The summed E-state index contributed by atoms with van der Waals surface area (Å²) in [5, 5.41) is 0. The van der Waals surface area contributed by atoms with Crippen LogP contribution >= 0.6 is 0 Å². The Morgan fingerprint density at radius 2 is 1.82 bits per heavy atom. The van der Waals surface area contributed by atoms with Gasteiger partial charge in [0.1, 0.15) is 5.92 Å². The predicted octanol–water partition coefficient (Wildman–Crippen LogP) is 1.26. The molecular formula is C21H28N2O5. The number of carbonyl (C=O) groups excluding carboxylic acids is 3. The maximum atomic E-state index is 12.7. The fraction of sp³-hybridized carbons (Fsp3) is 0.571. The molecule has 7 nitrogen and oxygen atoms in total. The standard InChI is InChI=1S/C21H28N2O5/c1-4-28-20(26)17-18(27-3)19(25)22(2)21(17)10-12-23(13-11-21)16(24)14-15-8-6-5-7-9-15/h5-9,17-18H,4,10-14H2,1-3H3/t17-,18+/m0/s1. The monoisotopic (exact) mass is 388 g/mol. The van der Waals surface area contributed by atoms with Crippen LogP contribution in [-0.2, 0) is 30.3 Å². The van der Waals surface area contributed by atoms with Crippen molar-refractivity contribution < 1.29 is 23.9 Å². The van der Waals surface area contributed by atoms with Crippen LogP contribution in [-0.4, -0.2) is 73.1 Å². The van der Waals surface area contributed by atoms with Crippen molar-refractivity contribution in [2.24, 2.45) is 5.92 Å². The molecule has 2 amide bonds. The Morgan fingerprint density at radius 1 is 1.18 bits per heavy atom. The first-order valence-electron chi connectivity index (χ1n) is 9.73. The number of benzene rings is 1. The van der Waals surface area contributed by atoms with Crippen molar-refractivity contribution in [3.8, 4) is 0 Å². The summed E-state index contributed by atoms with van der Waals surface area (Å²) in [6.07, 6.45) is 0.568. The number of amides is 2. The predicted molar refractivity (Wildman–Crippen MR) is 102 cm³/mol. The van der Waals surface area contributed by atoms with Crippen LogP contribution in [0.5, 0.6) is 0 Å². The molecule has 2 saturated heterocycles. The van der Waals surface area contributed by atoms with E-state index in [4.69, 9.17) is 9.47 Å². The van der Waals surface area contributed by atoms with Crippen LogP contribution in [0.3, 0.4) is 0 Å². The first-order chi connectivity index (χ1) is 13.4. The van der Waals surface area contributed by atoms with Crippen LogP contribution < -0.4 is 0 Å². The summed E-state index contributed by atoms with van der Waals surface area (Å²) in [7, 11) is 3.16. The normalized spacial score (nSPS) is 23.9. The third-order valence-electron chi connectivity index (χ3n) is 6.10. The fourth-order valence-electron chi connectivity index (χ4n) is 4.53. The molecule has 0 unspecified atom stereocenters. The molecule has 2 aliphatic heterocycles. The second kappa shape index (κ2) is 8.31. The molecule has 7 heteroatoms. The number of piperidine rings is 1. The number of esters is 1. The second-order valence-electron chi connectivity index (χ2n) is 7.43. The lowest BCUT2D eigenvalue weighted by Crippen LogP contribution is -2.57. The number of hydrogen-bond donors (Lipinski definition) is 0. The van der Waals surface area contributed by atoms with E-state index in [2.05, 4.69) is 0 Å². The van der Waals surface area contributed by atoms with Gasteiger partial charge in [-0.1, -0.05) is 30.3 Å². The third-order valence-corrected chi connectivity index (χ3v) is 6.10. The van der Waals surface area contributed by atoms with Crippen LogP contribution in [0.15, 0.2) is 30.3 Å². The third kappa shape index (κ3) is 3.51. The van der Waals surface area contributed by atoms with Crippen molar-refractivity contribution in [2.75, 3.05) is 33.9 Å². The fourth-order valence-corrected chi connectivity index (χ4v) is 4.53. The lowest BCUT2D eigenvalue weighted by molar-refractivity contribution is -0.157. The number of methoxy groups -OCH3 is 1. The summed E-state index contributed by atoms with van der Waals surface area (Å²) in [6, 6.07) is 9.64.